The van der Waals surface area contributed by atoms with Crippen LogP contribution in [-0.2, 0) is 4.79 Å². The Bertz CT molecular complexity index is 545. The second kappa shape index (κ2) is 8.67. The van der Waals surface area contributed by atoms with Gasteiger partial charge in [-0.3, -0.25) is 9.59 Å². The first kappa shape index (κ1) is 17.5. The Labute approximate surface area is 138 Å². The third-order valence-corrected chi connectivity index (χ3v) is 4.26. The van der Waals surface area contributed by atoms with E-state index in [1.54, 1.807) is 18.2 Å². The highest BCUT2D eigenvalue weighted by atomic mass is 16.5. The normalized spacial score (nSPS) is 17.9. The molecule has 1 saturated heterocycles. The smallest absolute Gasteiger partial charge is 0.220 e. The molecule has 1 aromatic carbocycles. The van der Waals surface area contributed by atoms with Gasteiger partial charge in [0.2, 0.25) is 5.91 Å². The molecule has 0 aliphatic carbocycles. The topological polar surface area (TPSA) is 58.6 Å². The molecule has 0 saturated carbocycles. The van der Waals surface area contributed by atoms with E-state index in [1.807, 2.05) is 6.07 Å². The van der Waals surface area contributed by atoms with Crippen LogP contribution in [0.1, 0.15) is 43.0 Å². The van der Waals surface area contributed by atoms with E-state index in [2.05, 4.69) is 17.3 Å². The maximum Gasteiger partial charge on any atom is 0.220 e. The summed E-state index contributed by atoms with van der Waals surface area (Å²) in [7, 11) is 2.10. The summed E-state index contributed by atoms with van der Waals surface area (Å²) in [5.41, 5.74) is 0.640. The van der Waals surface area contributed by atoms with Crippen LogP contribution in [0.25, 0.3) is 0 Å². The van der Waals surface area contributed by atoms with Crippen molar-refractivity contribution in [3.63, 3.8) is 0 Å². The fourth-order valence-corrected chi connectivity index (χ4v) is 2.78. The molecule has 1 aliphatic heterocycles. The number of likely N-dealkylation sites (tertiary alicyclic amines) is 1. The number of ether oxygens (including phenoxy) is 1. The Morgan fingerprint density at radius 1 is 1.39 bits per heavy atom. The third kappa shape index (κ3) is 5.67. The van der Waals surface area contributed by atoms with Gasteiger partial charge < -0.3 is 15.0 Å². The van der Waals surface area contributed by atoms with Gasteiger partial charge in [0.15, 0.2) is 5.78 Å². The summed E-state index contributed by atoms with van der Waals surface area (Å²) in [4.78, 5) is 25.4. The summed E-state index contributed by atoms with van der Waals surface area (Å²) in [5.74, 6) is 0.767. The van der Waals surface area contributed by atoms with Crippen molar-refractivity contribution in [2.24, 2.45) is 0 Å². The zero-order valence-corrected chi connectivity index (χ0v) is 14.0. The summed E-state index contributed by atoms with van der Waals surface area (Å²) in [6, 6.07) is 7.60. The number of hydrogen-bond donors (Lipinski definition) is 1. The average molecular weight is 318 g/mol. The minimum absolute atomic E-state index is 0.0201. The molecule has 1 unspecified atom stereocenters. The van der Waals surface area contributed by atoms with Crippen molar-refractivity contribution in [2.75, 3.05) is 26.7 Å². The van der Waals surface area contributed by atoms with E-state index in [0.29, 0.717) is 36.8 Å². The van der Waals surface area contributed by atoms with Gasteiger partial charge in [-0.2, -0.15) is 0 Å². The van der Waals surface area contributed by atoms with E-state index in [-0.39, 0.29) is 11.7 Å². The molecule has 1 fully saturated rings. The number of ketones is 1. The van der Waals surface area contributed by atoms with Crippen LogP contribution >= 0.6 is 0 Å². The Morgan fingerprint density at radius 2 is 2.22 bits per heavy atom. The Kier molecular flexibility index (Phi) is 6.59. The molecule has 0 spiro atoms. The zero-order valence-electron chi connectivity index (χ0n) is 14.0. The van der Waals surface area contributed by atoms with Crippen LogP contribution in [0, 0.1) is 0 Å². The number of carbonyl (C=O) groups excluding carboxylic acids is 2. The lowest BCUT2D eigenvalue weighted by molar-refractivity contribution is -0.121. The molecule has 1 atom stereocenters. The van der Waals surface area contributed by atoms with Gasteiger partial charge >= 0.3 is 0 Å². The summed E-state index contributed by atoms with van der Waals surface area (Å²) in [6.07, 6.45) is 3.50. The van der Waals surface area contributed by atoms with Crippen molar-refractivity contribution in [3.05, 3.63) is 29.8 Å². The number of nitrogens with one attached hydrogen (secondary N) is 1. The van der Waals surface area contributed by atoms with Crippen LogP contribution in [0.2, 0.25) is 0 Å². The number of carbonyl (C=O) groups is 2. The Hall–Kier alpha value is -1.88. The predicted molar refractivity (Wildman–Crippen MR) is 89.8 cm³/mol. The van der Waals surface area contributed by atoms with Crippen molar-refractivity contribution in [1.82, 2.24) is 10.2 Å². The van der Waals surface area contributed by atoms with Crippen LogP contribution in [0.5, 0.6) is 5.75 Å². The van der Waals surface area contributed by atoms with Gasteiger partial charge in [-0.25, -0.2) is 0 Å². The molecule has 1 aromatic rings. The van der Waals surface area contributed by atoms with Gasteiger partial charge in [0, 0.05) is 24.6 Å². The van der Waals surface area contributed by atoms with Gasteiger partial charge in [-0.05, 0) is 51.9 Å². The molecule has 1 heterocycles. The quantitative estimate of drug-likeness (QED) is 0.590. The number of Topliss-reactive ketones (excluding diaryl/α,β-unsaturated/α-hetero) is 1. The molecule has 1 aliphatic rings. The minimum Gasteiger partial charge on any atom is -0.494 e. The molecular formula is C18H26N2O3. The largest absolute Gasteiger partial charge is 0.494 e. The molecular weight excluding hydrogens is 292 g/mol. The Morgan fingerprint density at radius 3 is 2.91 bits per heavy atom. The monoisotopic (exact) mass is 318 g/mol. The van der Waals surface area contributed by atoms with Crippen LogP contribution in [-0.4, -0.2) is 49.4 Å². The average Bonchev–Trinajstić information content (AvgIpc) is 2.95. The van der Waals surface area contributed by atoms with Crippen LogP contribution < -0.4 is 10.1 Å². The van der Waals surface area contributed by atoms with Gasteiger partial charge in [0.25, 0.3) is 0 Å². The zero-order chi connectivity index (χ0) is 16.7. The standard InChI is InChI=1S/C18H26N2O3/c1-14(21)15-6-3-8-17(12-15)23-11-5-9-18(22)19-13-16-7-4-10-20(16)2/h3,6,8,12,16H,4-5,7,9-11,13H2,1-2H3,(H,19,22). The summed E-state index contributed by atoms with van der Waals surface area (Å²) < 4.78 is 5.60. The molecule has 23 heavy (non-hydrogen) atoms. The lowest BCUT2D eigenvalue weighted by Crippen LogP contribution is -2.38. The van der Waals surface area contributed by atoms with Gasteiger partial charge in [0.05, 0.1) is 6.61 Å². The van der Waals surface area contributed by atoms with E-state index in [4.69, 9.17) is 4.74 Å². The first-order valence-corrected chi connectivity index (χ1v) is 8.27. The molecule has 0 bridgehead atoms. The molecule has 126 valence electrons. The summed E-state index contributed by atoms with van der Waals surface area (Å²) >= 11 is 0. The molecule has 0 radical (unpaired) electrons. The fraction of sp³-hybridized carbons (Fsp3) is 0.556. The lowest BCUT2D eigenvalue weighted by atomic mass is 10.1. The van der Waals surface area contributed by atoms with E-state index < -0.39 is 0 Å². The van der Waals surface area contributed by atoms with Crippen molar-refractivity contribution in [3.8, 4) is 5.75 Å². The van der Waals surface area contributed by atoms with Crippen molar-refractivity contribution in [1.29, 1.82) is 0 Å². The van der Waals surface area contributed by atoms with E-state index in [0.717, 1.165) is 19.5 Å². The van der Waals surface area contributed by atoms with Crippen molar-refractivity contribution in [2.45, 2.75) is 38.6 Å². The highest BCUT2D eigenvalue weighted by Crippen LogP contribution is 2.15. The SMILES string of the molecule is CC(=O)c1cccc(OCCCC(=O)NCC2CCCN2C)c1. The lowest BCUT2D eigenvalue weighted by Gasteiger charge is -2.19. The highest BCUT2D eigenvalue weighted by Gasteiger charge is 2.20. The highest BCUT2D eigenvalue weighted by molar-refractivity contribution is 5.94. The number of amides is 1. The second-order valence-corrected chi connectivity index (χ2v) is 6.12. The van der Waals surface area contributed by atoms with Crippen molar-refractivity contribution >= 4 is 11.7 Å². The maximum absolute atomic E-state index is 11.8. The molecule has 1 N–H and O–H groups in total. The number of nitrogens with zero attached hydrogens (tertiary/aromatic N) is 1. The number of benzene rings is 1. The third-order valence-electron chi connectivity index (χ3n) is 4.26. The van der Waals surface area contributed by atoms with E-state index in [1.165, 1.54) is 13.3 Å². The van der Waals surface area contributed by atoms with Gasteiger partial charge in [-0.15, -0.1) is 0 Å². The summed E-state index contributed by atoms with van der Waals surface area (Å²) in [5, 5.41) is 3.00. The molecule has 5 heteroatoms. The number of rotatable bonds is 8. The van der Waals surface area contributed by atoms with Gasteiger partial charge in [0.1, 0.15) is 5.75 Å². The minimum atomic E-state index is 0.0201. The van der Waals surface area contributed by atoms with E-state index in [9.17, 15) is 9.59 Å². The van der Waals surface area contributed by atoms with Crippen LogP contribution in [0.4, 0.5) is 0 Å². The summed E-state index contributed by atoms with van der Waals surface area (Å²) in [6.45, 7) is 3.86. The second-order valence-electron chi connectivity index (χ2n) is 6.12. The molecule has 0 aromatic heterocycles. The van der Waals surface area contributed by atoms with E-state index >= 15 is 0 Å². The molecule has 2 rings (SSSR count). The van der Waals surface area contributed by atoms with Gasteiger partial charge in [-0.1, -0.05) is 12.1 Å². The Balaban J connectivity index is 1.62. The number of hydrogen-bond acceptors (Lipinski definition) is 4. The number of likely N-dealkylation sites (N-methyl/N-ethyl adjacent to an activating group) is 1. The first-order chi connectivity index (χ1) is 11.1. The van der Waals surface area contributed by atoms with Crippen LogP contribution in [0.15, 0.2) is 24.3 Å². The first-order valence-electron chi connectivity index (χ1n) is 8.27. The van der Waals surface area contributed by atoms with Crippen molar-refractivity contribution < 1.29 is 14.3 Å². The predicted octanol–water partition coefficient (Wildman–Crippen LogP) is 2.26. The fourth-order valence-electron chi connectivity index (χ4n) is 2.78. The maximum atomic E-state index is 11.8. The van der Waals surface area contributed by atoms with Crippen LogP contribution in [0.3, 0.4) is 0 Å². The molecule has 5 nitrogen and oxygen atoms in total. The molecule has 1 amide bonds.